The number of nitrogens with two attached hydrogens (primary N) is 1. The number of thiazole rings is 1. The van der Waals surface area contributed by atoms with Gasteiger partial charge in [0.05, 0.1) is 0 Å². The van der Waals surface area contributed by atoms with Gasteiger partial charge in [-0.15, -0.1) is 23.7 Å². The lowest BCUT2D eigenvalue weighted by Gasteiger charge is -2.24. The van der Waals surface area contributed by atoms with Crippen LogP contribution in [0.2, 0.25) is 0 Å². The number of carbonyl (C=O) groups excluding carboxylic acids is 1. The van der Waals surface area contributed by atoms with Crippen molar-refractivity contribution in [3.8, 4) is 0 Å². The molecular weight excluding hydrogens is 330 g/mol. The van der Waals surface area contributed by atoms with Crippen LogP contribution in [0.25, 0.3) is 0 Å². The van der Waals surface area contributed by atoms with E-state index in [9.17, 15) is 4.79 Å². The zero-order chi connectivity index (χ0) is 15.4. The molecule has 1 aromatic carbocycles. The molecule has 1 aliphatic heterocycles. The zero-order valence-corrected chi connectivity index (χ0v) is 14.6. The highest BCUT2D eigenvalue weighted by Crippen LogP contribution is 2.24. The number of aromatic nitrogens is 1. The molecule has 0 bridgehead atoms. The van der Waals surface area contributed by atoms with Gasteiger partial charge in [-0.2, -0.15) is 0 Å². The van der Waals surface area contributed by atoms with Crippen LogP contribution in [-0.4, -0.2) is 28.4 Å². The second-order valence-corrected chi connectivity index (χ2v) is 6.59. The molecule has 0 radical (unpaired) electrons. The number of benzene rings is 1. The first-order valence-electron chi connectivity index (χ1n) is 7.77. The lowest BCUT2D eigenvalue weighted by atomic mass is 10.0. The van der Waals surface area contributed by atoms with Crippen LogP contribution >= 0.6 is 23.7 Å². The van der Waals surface area contributed by atoms with Crippen LogP contribution in [0.5, 0.6) is 0 Å². The van der Waals surface area contributed by atoms with Gasteiger partial charge in [0.15, 0.2) is 0 Å². The summed E-state index contributed by atoms with van der Waals surface area (Å²) >= 11 is 1.46. The van der Waals surface area contributed by atoms with Gasteiger partial charge in [-0.3, -0.25) is 4.79 Å². The van der Waals surface area contributed by atoms with Gasteiger partial charge in [0.2, 0.25) is 0 Å². The van der Waals surface area contributed by atoms with E-state index in [1.54, 1.807) is 0 Å². The van der Waals surface area contributed by atoms with Crippen LogP contribution in [0.1, 0.15) is 40.3 Å². The lowest BCUT2D eigenvalue weighted by molar-refractivity contribution is 0.0725. The Balaban J connectivity index is 0.00000192. The van der Waals surface area contributed by atoms with Crippen molar-refractivity contribution in [3.63, 3.8) is 0 Å². The molecule has 1 aromatic heterocycles. The number of aryl methyl sites for hydroxylation is 1. The molecule has 1 fully saturated rings. The first-order chi connectivity index (χ1) is 10.8. The highest BCUT2D eigenvalue weighted by molar-refractivity contribution is 7.09. The third-order valence-corrected chi connectivity index (χ3v) is 5.06. The maximum Gasteiger partial charge on any atom is 0.273 e. The van der Waals surface area contributed by atoms with Crippen LogP contribution in [0.4, 0.5) is 0 Å². The third kappa shape index (κ3) is 4.31. The number of rotatable bonds is 5. The molecule has 6 heteroatoms. The summed E-state index contributed by atoms with van der Waals surface area (Å²) < 4.78 is 0. The number of likely N-dealkylation sites (tertiary alicyclic amines) is 1. The Labute approximate surface area is 147 Å². The van der Waals surface area contributed by atoms with Crippen molar-refractivity contribution in [2.75, 3.05) is 6.54 Å². The number of halogens is 1. The number of amides is 1. The molecular formula is C17H22ClN3OS. The van der Waals surface area contributed by atoms with E-state index >= 15 is 0 Å². The van der Waals surface area contributed by atoms with Gasteiger partial charge in [0.1, 0.15) is 10.7 Å². The topological polar surface area (TPSA) is 59.2 Å². The summed E-state index contributed by atoms with van der Waals surface area (Å²) in [7, 11) is 0. The summed E-state index contributed by atoms with van der Waals surface area (Å²) in [6.45, 7) is 1.24. The van der Waals surface area contributed by atoms with E-state index < -0.39 is 0 Å². The van der Waals surface area contributed by atoms with E-state index in [-0.39, 0.29) is 18.3 Å². The minimum Gasteiger partial charge on any atom is -0.334 e. The highest BCUT2D eigenvalue weighted by Gasteiger charge is 2.30. The van der Waals surface area contributed by atoms with Gasteiger partial charge in [0.25, 0.3) is 5.91 Å². The predicted octanol–water partition coefficient (Wildman–Crippen LogP) is 3.26. The Morgan fingerprint density at radius 2 is 2.13 bits per heavy atom. The molecule has 0 spiro atoms. The molecule has 1 amide bonds. The molecule has 1 atom stereocenters. The molecule has 0 saturated carbocycles. The average Bonchev–Trinajstić information content (AvgIpc) is 3.22. The Bertz CT molecular complexity index is 632. The van der Waals surface area contributed by atoms with Crippen LogP contribution in [-0.2, 0) is 13.0 Å². The van der Waals surface area contributed by atoms with Crippen LogP contribution in [0.3, 0.4) is 0 Å². The number of carbonyl (C=O) groups is 1. The molecule has 4 nitrogen and oxygen atoms in total. The van der Waals surface area contributed by atoms with Crippen molar-refractivity contribution in [2.45, 2.75) is 38.3 Å². The predicted molar refractivity (Wildman–Crippen MR) is 96.1 cm³/mol. The van der Waals surface area contributed by atoms with E-state index in [0.717, 1.165) is 37.2 Å². The second-order valence-electron chi connectivity index (χ2n) is 5.65. The normalized spacial score (nSPS) is 17.1. The van der Waals surface area contributed by atoms with Crippen molar-refractivity contribution in [2.24, 2.45) is 5.73 Å². The zero-order valence-electron chi connectivity index (χ0n) is 13.0. The van der Waals surface area contributed by atoms with Gasteiger partial charge >= 0.3 is 0 Å². The lowest BCUT2D eigenvalue weighted by Crippen LogP contribution is -2.36. The quantitative estimate of drug-likeness (QED) is 0.899. The summed E-state index contributed by atoms with van der Waals surface area (Å²) in [5, 5.41) is 2.65. The molecule has 23 heavy (non-hydrogen) atoms. The van der Waals surface area contributed by atoms with E-state index in [0.29, 0.717) is 18.3 Å². The first-order valence-corrected chi connectivity index (χ1v) is 8.65. The van der Waals surface area contributed by atoms with Gasteiger partial charge < -0.3 is 10.6 Å². The summed E-state index contributed by atoms with van der Waals surface area (Å²) in [4.78, 5) is 19.0. The van der Waals surface area contributed by atoms with Gasteiger partial charge in [-0.25, -0.2) is 4.98 Å². The van der Waals surface area contributed by atoms with Crippen LogP contribution in [0.15, 0.2) is 35.7 Å². The third-order valence-electron chi connectivity index (χ3n) is 4.19. The van der Waals surface area contributed by atoms with Gasteiger partial charge in [-0.1, -0.05) is 30.3 Å². The Morgan fingerprint density at radius 3 is 2.83 bits per heavy atom. The summed E-state index contributed by atoms with van der Waals surface area (Å²) in [5.74, 6) is 0.0616. The van der Waals surface area contributed by atoms with Crippen molar-refractivity contribution < 1.29 is 4.79 Å². The molecule has 1 unspecified atom stereocenters. The second kappa shape index (κ2) is 8.43. The Hall–Kier alpha value is -1.43. The minimum atomic E-state index is 0. The summed E-state index contributed by atoms with van der Waals surface area (Å²) in [6, 6.07) is 10.8. The smallest absolute Gasteiger partial charge is 0.273 e. The minimum absolute atomic E-state index is 0. The van der Waals surface area contributed by atoms with Crippen LogP contribution in [0, 0.1) is 0 Å². The Morgan fingerprint density at radius 1 is 1.35 bits per heavy atom. The van der Waals surface area contributed by atoms with Crippen molar-refractivity contribution in [1.82, 2.24) is 9.88 Å². The molecule has 0 aliphatic carbocycles. The largest absolute Gasteiger partial charge is 0.334 e. The summed E-state index contributed by atoms with van der Waals surface area (Å²) in [6.07, 6.45) is 4.20. The van der Waals surface area contributed by atoms with Crippen molar-refractivity contribution in [3.05, 3.63) is 52.0 Å². The fraction of sp³-hybridized carbons (Fsp3) is 0.412. The van der Waals surface area contributed by atoms with E-state index in [4.69, 9.17) is 5.73 Å². The molecule has 124 valence electrons. The van der Waals surface area contributed by atoms with Gasteiger partial charge in [-0.05, 0) is 31.2 Å². The van der Waals surface area contributed by atoms with Gasteiger partial charge in [0, 0.05) is 24.5 Å². The number of nitrogens with zero attached hydrogens (tertiary/aromatic N) is 2. The standard InChI is InChI=1S/C17H21N3OS.ClH/c18-11-16-19-15(12-22-16)17(21)20-10-4-7-14(20)9-8-13-5-2-1-3-6-13;/h1-3,5-6,12,14H,4,7-11,18H2;1H. The SMILES string of the molecule is Cl.NCc1nc(C(=O)N2CCCC2CCc2ccccc2)cs1. The molecule has 2 N–H and O–H groups in total. The first kappa shape index (κ1) is 17.9. The molecule has 1 aliphatic rings. The fourth-order valence-electron chi connectivity index (χ4n) is 3.03. The van der Waals surface area contributed by atoms with E-state index in [1.807, 2.05) is 16.3 Å². The van der Waals surface area contributed by atoms with Crippen molar-refractivity contribution >= 4 is 29.7 Å². The van der Waals surface area contributed by atoms with E-state index in [1.165, 1.54) is 16.9 Å². The summed E-state index contributed by atoms with van der Waals surface area (Å²) in [5.41, 5.74) is 7.47. The van der Waals surface area contributed by atoms with Crippen molar-refractivity contribution in [1.29, 1.82) is 0 Å². The molecule has 2 heterocycles. The van der Waals surface area contributed by atoms with Crippen LogP contribution < -0.4 is 5.73 Å². The maximum atomic E-state index is 12.6. The monoisotopic (exact) mass is 351 g/mol. The number of hydrogen-bond acceptors (Lipinski definition) is 4. The molecule has 3 rings (SSSR count). The highest BCUT2D eigenvalue weighted by atomic mass is 35.5. The maximum absolute atomic E-state index is 12.6. The molecule has 1 saturated heterocycles. The molecule has 2 aromatic rings. The number of hydrogen-bond donors (Lipinski definition) is 1. The van der Waals surface area contributed by atoms with E-state index in [2.05, 4.69) is 29.2 Å². The average molecular weight is 352 g/mol. The fourth-order valence-corrected chi connectivity index (χ4v) is 3.68. The Kier molecular flexibility index (Phi) is 6.57.